The van der Waals surface area contributed by atoms with Crippen molar-refractivity contribution in [2.24, 2.45) is 0 Å². The molecular weight excluding hydrogens is 302 g/mol. The first kappa shape index (κ1) is 11.7. The van der Waals surface area contributed by atoms with Crippen LogP contribution in [0.2, 0.25) is 0 Å². The maximum atomic E-state index is 13.2. The quantitative estimate of drug-likeness (QED) is 0.782. The summed E-state index contributed by atoms with van der Waals surface area (Å²) in [5, 5.41) is 0. The van der Waals surface area contributed by atoms with Crippen LogP contribution in [0.25, 0.3) is 11.3 Å². The van der Waals surface area contributed by atoms with Crippen LogP contribution in [0.4, 0.5) is 8.78 Å². The van der Waals surface area contributed by atoms with Gasteiger partial charge in [-0.3, -0.25) is 0 Å². The fourth-order valence-corrected chi connectivity index (χ4v) is 2.16. The Balaban J connectivity index is 2.07. The molecule has 3 rings (SSSR count). The fraction of sp³-hybridized carbons (Fsp3) is 0.231. The summed E-state index contributed by atoms with van der Waals surface area (Å²) in [6.07, 6.45) is 2.18. The van der Waals surface area contributed by atoms with Crippen LogP contribution in [0.1, 0.15) is 24.6 Å². The Morgan fingerprint density at radius 1 is 1.06 bits per heavy atom. The topological polar surface area (TPSA) is 25.8 Å². The second-order valence-corrected chi connectivity index (χ2v) is 5.15. The van der Waals surface area contributed by atoms with E-state index in [2.05, 4.69) is 25.9 Å². The van der Waals surface area contributed by atoms with Crippen molar-refractivity contribution in [2.45, 2.75) is 18.8 Å². The van der Waals surface area contributed by atoms with Crippen molar-refractivity contribution in [3.05, 3.63) is 46.3 Å². The minimum absolute atomic E-state index is 0.409. The molecule has 1 heterocycles. The second-order valence-electron chi connectivity index (χ2n) is 4.34. The van der Waals surface area contributed by atoms with Crippen LogP contribution in [-0.4, -0.2) is 9.97 Å². The zero-order chi connectivity index (χ0) is 12.7. The van der Waals surface area contributed by atoms with Gasteiger partial charge in [-0.25, -0.2) is 18.7 Å². The highest BCUT2D eigenvalue weighted by Gasteiger charge is 2.27. The molecule has 2 nitrogen and oxygen atoms in total. The summed E-state index contributed by atoms with van der Waals surface area (Å²) >= 11 is 3.32. The number of hydrogen-bond donors (Lipinski definition) is 0. The molecule has 2 aromatic rings. The first-order valence-electron chi connectivity index (χ1n) is 5.63. The van der Waals surface area contributed by atoms with Gasteiger partial charge in [0, 0.05) is 11.5 Å². The average molecular weight is 311 g/mol. The van der Waals surface area contributed by atoms with Gasteiger partial charge in [-0.2, -0.15) is 0 Å². The maximum Gasteiger partial charge on any atom is 0.159 e. The Morgan fingerprint density at radius 3 is 2.50 bits per heavy atom. The van der Waals surface area contributed by atoms with Crippen molar-refractivity contribution >= 4 is 15.9 Å². The first-order valence-corrected chi connectivity index (χ1v) is 6.42. The second kappa shape index (κ2) is 4.39. The summed E-state index contributed by atoms with van der Waals surface area (Å²) in [5.74, 6) is -0.542. The first-order chi connectivity index (χ1) is 8.63. The van der Waals surface area contributed by atoms with E-state index in [1.54, 1.807) is 6.07 Å². The molecule has 18 heavy (non-hydrogen) atoms. The van der Waals surface area contributed by atoms with Crippen LogP contribution in [0.5, 0.6) is 0 Å². The third-order valence-electron chi connectivity index (χ3n) is 2.87. The smallest absolute Gasteiger partial charge is 0.159 e. The molecule has 1 aromatic heterocycles. The zero-order valence-electron chi connectivity index (χ0n) is 9.33. The summed E-state index contributed by atoms with van der Waals surface area (Å²) in [6.45, 7) is 0. The third-order valence-corrected chi connectivity index (χ3v) is 3.28. The van der Waals surface area contributed by atoms with E-state index in [0.29, 0.717) is 21.8 Å². The van der Waals surface area contributed by atoms with Gasteiger partial charge in [0.05, 0.1) is 5.69 Å². The molecule has 1 aliphatic rings. The number of hydrogen-bond acceptors (Lipinski definition) is 2. The number of halogens is 3. The minimum Gasteiger partial charge on any atom is -0.233 e. The van der Waals surface area contributed by atoms with Gasteiger partial charge in [0.25, 0.3) is 0 Å². The van der Waals surface area contributed by atoms with Crippen LogP contribution < -0.4 is 0 Å². The Kier molecular flexibility index (Phi) is 2.86. The van der Waals surface area contributed by atoms with E-state index in [4.69, 9.17) is 0 Å². The van der Waals surface area contributed by atoms with Crippen LogP contribution in [0, 0.1) is 11.6 Å². The van der Waals surface area contributed by atoms with E-state index in [-0.39, 0.29) is 0 Å². The highest BCUT2D eigenvalue weighted by molar-refractivity contribution is 9.10. The van der Waals surface area contributed by atoms with Gasteiger partial charge < -0.3 is 0 Å². The molecule has 1 aliphatic carbocycles. The van der Waals surface area contributed by atoms with E-state index >= 15 is 0 Å². The number of aromatic nitrogens is 2. The largest absolute Gasteiger partial charge is 0.233 e. The van der Waals surface area contributed by atoms with Gasteiger partial charge in [0.1, 0.15) is 10.4 Å². The number of nitrogens with zero attached hydrogens (tertiary/aromatic N) is 2. The van der Waals surface area contributed by atoms with Crippen molar-refractivity contribution in [1.82, 2.24) is 9.97 Å². The highest BCUT2D eigenvalue weighted by atomic mass is 79.9. The lowest BCUT2D eigenvalue weighted by Gasteiger charge is -2.05. The number of rotatable bonds is 2. The Morgan fingerprint density at radius 2 is 1.83 bits per heavy atom. The van der Waals surface area contributed by atoms with Gasteiger partial charge in [-0.1, -0.05) is 0 Å². The molecular formula is C13H9BrF2N2. The Hall–Kier alpha value is -1.36. The summed E-state index contributed by atoms with van der Waals surface area (Å²) in [5.41, 5.74) is 1.16. The van der Waals surface area contributed by atoms with Crippen molar-refractivity contribution in [2.75, 3.05) is 0 Å². The monoisotopic (exact) mass is 310 g/mol. The van der Waals surface area contributed by atoms with Crippen molar-refractivity contribution in [3.63, 3.8) is 0 Å². The molecule has 0 aliphatic heterocycles. The van der Waals surface area contributed by atoms with Crippen LogP contribution >= 0.6 is 15.9 Å². The van der Waals surface area contributed by atoms with Gasteiger partial charge in [0.2, 0.25) is 0 Å². The third kappa shape index (κ3) is 2.27. The molecule has 0 amide bonds. The van der Waals surface area contributed by atoms with Gasteiger partial charge in [0.15, 0.2) is 11.6 Å². The van der Waals surface area contributed by atoms with Crippen LogP contribution in [0.3, 0.4) is 0 Å². The molecule has 0 unspecified atom stereocenters. The van der Waals surface area contributed by atoms with Crippen molar-refractivity contribution in [3.8, 4) is 11.3 Å². The zero-order valence-corrected chi connectivity index (χ0v) is 10.9. The molecule has 0 N–H and O–H groups in total. The Bertz CT molecular complexity index is 612. The highest BCUT2D eigenvalue weighted by Crippen LogP contribution is 2.39. The van der Waals surface area contributed by atoms with Crippen molar-refractivity contribution in [1.29, 1.82) is 0 Å². The summed E-state index contributed by atoms with van der Waals surface area (Å²) in [6, 6.07) is 5.49. The van der Waals surface area contributed by atoms with E-state index in [1.165, 1.54) is 6.07 Å². The molecule has 0 bridgehead atoms. The van der Waals surface area contributed by atoms with Gasteiger partial charge >= 0.3 is 0 Å². The summed E-state index contributed by atoms with van der Waals surface area (Å²) in [4.78, 5) is 8.71. The molecule has 92 valence electrons. The van der Waals surface area contributed by atoms with E-state index < -0.39 is 11.6 Å². The van der Waals surface area contributed by atoms with Gasteiger partial charge in [-0.05, 0) is 53.0 Å². The molecule has 1 aromatic carbocycles. The van der Waals surface area contributed by atoms with E-state index in [1.807, 2.05) is 0 Å². The molecule has 0 saturated heterocycles. The molecule has 5 heteroatoms. The SMILES string of the molecule is Fc1ccc(-c2cc(Br)nc(C3CC3)n2)cc1F. The molecule has 0 atom stereocenters. The predicted molar refractivity (Wildman–Crippen MR) is 67.1 cm³/mol. The predicted octanol–water partition coefficient (Wildman–Crippen LogP) is 4.06. The maximum absolute atomic E-state index is 13.2. The molecule has 0 radical (unpaired) electrons. The van der Waals surface area contributed by atoms with Crippen molar-refractivity contribution < 1.29 is 8.78 Å². The Labute approximate surface area is 111 Å². The normalized spacial score (nSPS) is 14.8. The lowest BCUT2D eigenvalue weighted by molar-refractivity contribution is 0.509. The average Bonchev–Trinajstić information content (AvgIpc) is 3.16. The number of benzene rings is 1. The molecule has 1 saturated carbocycles. The summed E-state index contributed by atoms with van der Waals surface area (Å²) in [7, 11) is 0. The standard InChI is InChI=1S/C13H9BrF2N2/c14-12-6-11(17-13(18-12)7-1-2-7)8-3-4-9(15)10(16)5-8/h3-7H,1-2H2. The van der Waals surface area contributed by atoms with Crippen LogP contribution in [-0.2, 0) is 0 Å². The fourth-order valence-electron chi connectivity index (χ4n) is 1.76. The van der Waals surface area contributed by atoms with E-state index in [0.717, 1.165) is 30.8 Å². The van der Waals surface area contributed by atoms with Crippen LogP contribution in [0.15, 0.2) is 28.9 Å². The minimum atomic E-state index is -0.866. The summed E-state index contributed by atoms with van der Waals surface area (Å²) < 4.78 is 26.8. The van der Waals surface area contributed by atoms with Gasteiger partial charge in [-0.15, -0.1) is 0 Å². The lowest BCUT2D eigenvalue weighted by atomic mass is 10.1. The lowest BCUT2D eigenvalue weighted by Crippen LogP contribution is -1.96. The molecule has 0 spiro atoms. The van der Waals surface area contributed by atoms with E-state index in [9.17, 15) is 8.78 Å². The molecule has 1 fully saturated rings.